The third-order valence-corrected chi connectivity index (χ3v) is 1.32. The van der Waals surface area contributed by atoms with Crippen molar-refractivity contribution in [3.8, 4) is 0 Å². The molecule has 4 heteroatoms. The molecule has 1 N–H and O–H groups in total. The monoisotopic (exact) mass is 147 g/mol. The second-order valence-electron chi connectivity index (χ2n) is 1.67. The molecule has 0 atom stereocenters. The molecular weight excluding hydrogens is 143 g/mol. The van der Waals surface area contributed by atoms with Gasteiger partial charge in [0.1, 0.15) is 5.16 Å². The summed E-state index contributed by atoms with van der Waals surface area (Å²) in [7, 11) is 0. The van der Waals surface area contributed by atoms with E-state index in [0.717, 1.165) is 5.57 Å². The molecule has 2 nitrogen and oxygen atoms in total. The minimum atomic E-state index is -0.661. The number of rotatable bonds is 0. The first kappa shape index (κ1) is 6.55. The molecule has 0 saturated carbocycles. The number of aliphatic imine (C=N–C) groups is 1. The fraction of sp³-hybridized carbons (Fsp3) is 0.200. The van der Waals surface area contributed by atoms with E-state index in [0.29, 0.717) is 5.16 Å². The molecule has 0 unspecified atom stereocenters. The zero-order valence-corrected chi connectivity index (χ0v) is 5.54. The van der Waals surface area contributed by atoms with Crippen molar-refractivity contribution < 1.29 is 4.39 Å². The molecule has 0 fully saturated rings. The van der Waals surface area contributed by atoms with Gasteiger partial charge < -0.3 is 5.32 Å². The quantitative estimate of drug-likeness (QED) is 0.517. The minimum absolute atomic E-state index is 0.294. The van der Waals surface area contributed by atoms with Gasteiger partial charge >= 0.3 is 6.42 Å². The average Bonchev–Trinajstić information content (AvgIpc) is 1.80. The van der Waals surface area contributed by atoms with Crippen LogP contribution >= 0.6 is 11.6 Å². The normalized spacial score (nSPS) is 20.3. The van der Waals surface area contributed by atoms with Crippen LogP contribution in [-0.2, 0) is 0 Å². The number of hydrogen-bond donors (Lipinski definition) is 1. The lowest BCUT2D eigenvalue weighted by Gasteiger charge is -2.09. The van der Waals surface area contributed by atoms with Gasteiger partial charge in [0.05, 0.1) is 0 Å². The lowest BCUT2D eigenvalue weighted by molar-refractivity contribution is 0.446. The Morgan fingerprint density at radius 3 is 2.89 bits per heavy atom. The van der Waals surface area contributed by atoms with Crippen LogP contribution in [0, 0.1) is 6.42 Å². The van der Waals surface area contributed by atoms with E-state index in [1.807, 2.05) is 0 Å². The Bertz CT molecular complexity index is 176. The van der Waals surface area contributed by atoms with Gasteiger partial charge in [0.2, 0.25) is 0 Å². The first-order valence-corrected chi connectivity index (χ1v) is 2.78. The highest BCUT2D eigenvalue weighted by Crippen LogP contribution is 2.14. The van der Waals surface area contributed by atoms with Gasteiger partial charge in [-0.15, -0.1) is 0 Å². The SMILES string of the molecule is CC1=C(Cl)N[C](F)N=C1. The summed E-state index contributed by atoms with van der Waals surface area (Å²) < 4.78 is 12.1. The molecule has 49 valence electrons. The number of nitrogens with one attached hydrogen (secondary N) is 1. The molecule has 0 saturated heterocycles. The van der Waals surface area contributed by atoms with Crippen molar-refractivity contribution in [3.05, 3.63) is 17.1 Å². The Morgan fingerprint density at radius 2 is 2.44 bits per heavy atom. The van der Waals surface area contributed by atoms with Crippen molar-refractivity contribution in [2.75, 3.05) is 0 Å². The maximum Gasteiger partial charge on any atom is 0.351 e. The molecule has 1 aliphatic rings. The second-order valence-corrected chi connectivity index (χ2v) is 2.05. The largest absolute Gasteiger partial charge is 0.351 e. The van der Waals surface area contributed by atoms with Gasteiger partial charge in [-0.3, -0.25) is 0 Å². The Kier molecular flexibility index (Phi) is 1.71. The van der Waals surface area contributed by atoms with E-state index in [-0.39, 0.29) is 0 Å². The van der Waals surface area contributed by atoms with Crippen molar-refractivity contribution in [2.45, 2.75) is 6.92 Å². The molecule has 1 radical (unpaired) electrons. The van der Waals surface area contributed by atoms with Crippen molar-refractivity contribution in [1.29, 1.82) is 0 Å². The fourth-order valence-corrected chi connectivity index (χ4v) is 0.558. The zero-order chi connectivity index (χ0) is 6.85. The maximum absolute atomic E-state index is 12.1. The topological polar surface area (TPSA) is 24.4 Å². The number of hydrogen-bond acceptors (Lipinski definition) is 2. The molecule has 1 heterocycles. The molecule has 0 aromatic rings. The first-order chi connectivity index (χ1) is 4.20. The van der Waals surface area contributed by atoms with Crippen LogP contribution < -0.4 is 5.32 Å². The van der Waals surface area contributed by atoms with Gasteiger partial charge in [0.25, 0.3) is 0 Å². The third-order valence-electron chi connectivity index (χ3n) is 0.931. The maximum atomic E-state index is 12.1. The molecule has 1 aliphatic heterocycles. The molecular formula is C5H5ClFN2. The molecule has 0 spiro atoms. The first-order valence-electron chi connectivity index (χ1n) is 2.40. The van der Waals surface area contributed by atoms with Crippen LogP contribution in [0.3, 0.4) is 0 Å². The number of halogens is 2. The summed E-state index contributed by atoms with van der Waals surface area (Å²) in [4.78, 5) is 3.33. The molecule has 1 rings (SSSR count). The van der Waals surface area contributed by atoms with Gasteiger partial charge in [-0.2, -0.15) is 4.39 Å². The Morgan fingerprint density at radius 1 is 1.78 bits per heavy atom. The Labute approximate surface area is 57.4 Å². The van der Waals surface area contributed by atoms with Crippen LogP contribution in [0.5, 0.6) is 0 Å². The summed E-state index contributed by atoms with van der Waals surface area (Å²) >= 11 is 5.48. The average molecular weight is 148 g/mol. The standard InChI is InChI=1S/C5H5ClFN2/c1-3-2-8-5(7)9-4(3)6/h2,9H,1H3. The van der Waals surface area contributed by atoms with E-state index in [1.165, 1.54) is 6.21 Å². The Balaban J connectivity index is 2.75. The van der Waals surface area contributed by atoms with Crippen LogP contribution in [0.4, 0.5) is 4.39 Å². The zero-order valence-electron chi connectivity index (χ0n) is 4.78. The molecule has 0 aromatic heterocycles. The molecule has 0 aliphatic carbocycles. The van der Waals surface area contributed by atoms with Crippen LogP contribution in [0.25, 0.3) is 0 Å². The predicted molar refractivity (Wildman–Crippen MR) is 34.5 cm³/mol. The predicted octanol–water partition coefficient (Wildman–Crippen LogP) is 1.55. The molecule has 9 heavy (non-hydrogen) atoms. The summed E-state index contributed by atoms with van der Waals surface area (Å²) in [5.41, 5.74) is 0.734. The van der Waals surface area contributed by atoms with Crippen molar-refractivity contribution in [2.24, 2.45) is 4.99 Å². The van der Waals surface area contributed by atoms with Crippen molar-refractivity contribution in [1.82, 2.24) is 5.32 Å². The molecule has 0 bridgehead atoms. The number of allylic oxidation sites excluding steroid dienone is 1. The van der Waals surface area contributed by atoms with Crippen LogP contribution in [-0.4, -0.2) is 6.21 Å². The lowest BCUT2D eigenvalue weighted by atomic mass is 10.3. The summed E-state index contributed by atoms with van der Waals surface area (Å²) in [5.74, 6) is 0. The highest BCUT2D eigenvalue weighted by Gasteiger charge is 2.11. The van der Waals surface area contributed by atoms with Crippen molar-refractivity contribution >= 4 is 17.8 Å². The summed E-state index contributed by atoms with van der Waals surface area (Å²) in [6, 6.07) is 0. The molecule has 0 amide bonds. The number of nitrogens with zero attached hydrogens (tertiary/aromatic N) is 1. The highest BCUT2D eigenvalue weighted by atomic mass is 35.5. The third kappa shape index (κ3) is 1.42. The van der Waals surface area contributed by atoms with Gasteiger partial charge in [-0.25, -0.2) is 4.99 Å². The van der Waals surface area contributed by atoms with Crippen LogP contribution in [0.2, 0.25) is 0 Å². The van der Waals surface area contributed by atoms with Gasteiger partial charge in [0.15, 0.2) is 0 Å². The fourth-order valence-electron chi connectivity index (χ4n) is 0.432. The van der Waals surface area contributed by atoms with Crippen LogP contribution in [0.1, 0.15) is 6.92 Å². The van der Waals surface area contributed by atoms with E-state index in [4.69, 9.17) is 11.6 Å². The summed E-state index contributed by atoms with van der Waals surface area (Å²) in [5, 5.41) is 2.52. The Hall–Kier alpha value is -0.570. The van der Waals surface area contributed by atoms with E-state index in [9.17, 15) is 4.39 Å². The highest BCUT2D eigenvalue weighted by molar-refractivity contribution is 6.31. The van der Waals surface area contributed by atoms with Gasteiger partial charge in [-0.05, 0) is 6.92 Å². The van der Waals surface area contributed by atoms with Crippen LogP contribution in [0.15, 0.2) is 15.7 Å². The summed E-state index contributed by atoms with van der Waals surface area (Å²) in [6.07, 6.45) is 0.708. The molecule has 0 aromatic carbocycles. The van der Waals surface area contributed by atoms with Gasteiger partial charge in [0, 0.05) is 11.8 Å². The van der Waals surface area contributed by atoms with Gasteiger partial charge in [-0.1, -0.05) is 11.6 Å². The second kappa shape index (κ2) is 2.35. The summed E-state index contributed by atoms with van der Waals surface area (Å²) in [6.45, 7) is 1.74. The van der Waals surface area contributed by atoms with E-state index in [1.54, 1.807) is 6.92 Å². The van der Waals surface area contributed by atoms with Crippen molar-refractivity contribution in [3.63, 3.8) is 0 Å². The lowest BCUT2D eigenvalue weighted by Crippen LogP contribution is -2.17. The van der Waals surface area contributed by atoms with E-state index in [2.05, 4.69) is 10.3 Å². The van der Waals surface area contributed by atoms with E-state index >= 15 is 0 Å². The smallest absolute Gasteiger partial charge is 0.319 e. The minimum Gasteiger partial charge on any atom is -0.319 e. The van der Waals surface area contributed by atoms with E-state index < -0.39 is 6.42 Å².